The van der Waals surface area contributed by atoms with Crippen LogP contribution < -0.4 is 4.90 Å². The standard InChI is InChI=1S/C8H10BrNOS2/c1-10(7(11)2-3-12)8-4-6(9)5-13-8/h4-5,12H,2-3H2,1H3. The molecule has 2 nitrogen and oxygen atoms in total. The molecule has 5 heteroatoms. The van der Waals surface area contributed by atoms with E-state index < -0.39 is 0 Å². The molecule has 0 aliphatic heterocycles. The molecule has 0 aromatic carbocycles. The van der Waals surface area contributed by atoms with E-state index in [0.717, 1.165) is 9.47 Å². The summed E-state index contributed by atoms with van der Waals surface area (Å²) in [7, 11) is 1.78. The Labute approximate surface area is 95.5 Å². The van der Waals surface area contributed by atoms with Crippen LogP contribution in [-0.4, -0.2) is 18.7 Å². The fourth-order valence-electron chi connectivity index (χ4n) is 0.865. The third kappa shape index (κ3) is 3.00. The van der Waals surface area contributed by atoms with Crippen LogP contribution in [0.4, 0.5) is 5.00 Å². The first-order chi connectivity index (χ1) is 6.15. The van der Waals surface area contributed by atoms with Crippen LogP contribution in [0.25, 0.3) is 0 Å². The van der Waals surface area contributed by atoms with Gasteiger partial charge in [0.05, 0.1) is 5.00 Å². The SMILES string of the molecule is CN(C(=O)CCS)c1cc(Br)cs1. The topological polar surface area (TPSA) is 20.3 Å². The van der Waals surface area contributed by atoms with E-state index in [1.54, 1.807) is 23.3 Å². The second-order valence-corrected chi connectivity index (χ2v) is 4.78. The molecule has 0 unspecified atom stereocenters. The number of amides is 1. The molecule has 0 aliphatic rings. The summed E-state index contributed by atoms with van der Waals surface area (Å²) >= 11 is 8.91. The maximum Gasteiger partial charge on any atom is 0.228 e. The van der Waals surface area contributed by atoms with Gasteiger partial charge in [-0.05, 0) is 27.7 Å². The van der Waals surface area contributed by atoms with Gasteiger partial charge in [0.15, 0.2) is 0 Å². The highest BCUT2D eigenvalue weighted by Crippen LogP contribution is 2.27. The Morgan fingerprint density at radius 1 is 1.77 bits per heavy atom. The van der Waals surface area contributed by atoms with Crippen molar-refractivity contribution in [2.24, 2.45) is 0 Å². The molecule has 0 fully saturated rings. The van der Waals surface area contributed by atoms with Crippen molar-refractivity contribution >= 4 is 50.8 Å². The predicted molar refractivity (Wildman–Crippen MR) is 63.9 cm³/mol. The highest BCUT2D eigenvalue weighted by molar-refractivity contribution is 9.10. The summed E-state index contributed by atoms with van der Waals surface area (Å²) in [6, 6.07) is 1.93. The van der Waals surface area contributed by atoms with E-state index >= 15 is 0 Å². The maximum absolute atomic E-state index is 11.4. The number of nitrogens with zero attached hydrogens (tertiary/aromatic N) is 1. The number of hydrogen-bond donors (Lipinski definition) is 1. The third-order valence-electron chi connectivity index (χ3n) is 1.58. The summed E-state index contributed by atoms with van der Waals surface area (Å²) in [6.45, 7) is 0. The molecule has 72 valence electrons. The second-order valence-electron chi connectivity index (χ2n) is 2.53. The number of anilines is 1. The van der Waals surface area contributed by atoms with Gasteiger partial charge < -0.3 is 4.90 Å². The lowest BCUT2D eigenvalue weighted by atomic mass is 10.4. The number of hydrogen-bond acceptors (Lipinski definition) is 3. The molecule has 0 N–H and O–H groups in total. The van der Waals surface area contributed by atoms with Crippen molar-refractivity contribution in [1.29, 1.82) is 0 Å². The molecular weight excluding hydrogens is 270 g/mol. The zero-order valence-electron chi connectivity index (χ0n) is 7.16. The van der Waals surface area contributed by atoms with Gasteiger partial charge in [-0.3, -0.25) is 4.79 Å². The van der Waals surface area contributed by atoms with Gasteiger partial charge in [0.25, 0.3) is 0 Å². The molecule has 1 amide bonds. The molecule has 13 heavy (non-hydrogen) atoms. The van der Waals surface area contributed by atoms with Crippen LogP contribution in [0.2, 0.25) is 0 Å². The van der Waals surface area contributed by atoms with Crippen LogP contribution in [0.15, 0.2) is 15.9 Å². The Hall–Kier alpha value is -0.0000000000000000833. The van der Waals surface area contributed by atoms with Crippen LogP contribution >= 0.6 is 39.9 Å². The van der Waals surface area contributed by atoms with Gasteiger partial charge in [-0.25, -0.2) is 0 Å². The highest BCUT2D eigenvalue weighted by atomic mass is 79.9. The molecule has 0 bridgehead atoms. The minimum absolute atomic E-state index is 0.101. The van der Waals surface area contributed by atoms with Crippen molar-refractivity contribution < 1.29 is 4.79 Å². The van der Waals surface area contributed by atoms with E-state index in [1.165, 1.54) is 0 Å². The Morgan fingerprint density at radius 2 is 2.46 bits per heavy atom. The molecule has 1 aromatic heterocycles. The number of halogens is 1. The Kier molecular flexibility index (Phi) is 4.28. The monoisotopic (exact) mass is 279 g/mol. The van der Waals surface area contributed by atoms with E-state index in [-0.39, 0.29) is 5.91 Å². The van der Waals surface area contributed by atoms with Crippen molar-refractivity contribution in [3.05, 3.63) is 15.9 Å². The smallest absolute Gasteiger partial charge is 0.228 e. The predicted octanol–water partition coefficient (Wildman–Crippen LogP) is 2.79. The molecule has 0 spiro atoms. The fraction of sp³-hybridized carbons (Fsp3) is 0.375. The van der Waals surface area contributed by atoms with Crippen LogP contribution in [0.5, 0.6) is 0 Å². The van der Waals surface area contributed by atoms with Crippen LogP contribution in [0.3, 0.4) is 0 Å². The lowest BCUT2D eigenvalue weighted by Gasteiger charge is -2.13. The minimum atomic E-state index is 0.101. The van der Waals surface area contributed by atoms with Crippen molar-refractivity contribution in [3.8, 4) is 0 Å². The molecule has 0 saturated heterocycles. The summed E-state index contributed by atoms with van der Waals surface area (Å²) < 4.78 is 1.01. The van der Waals surface area contributed by atoms with Gasteiger partial charge in [0, 0.05) is 23.3 Å². The first-order valence-electron chi connectivity index (χ1n) is 3.76. The van der Waals surface area contributed by atoms with E-state index in [9.17, 15) is 4.79 Å². The van der Waals surface area contributed by atoms with Gasteiger partial charge in [0.1, 0.15) is 0 Å². The van der Waals surface area contributed by atoms with E-state index in [4.69, 9.17) is 0 Å². The number of rotatable bonds is 3. The summed E-state index contributed by atoms with van der Waals surface area (Å²) in [6.07, 6.45) is 0.481. The molecule has 1 aromatic rings. The Bertz CT molecular complexity index is 300. The molecule has 0 aliphatic carbocycles. The van der Waals surface area contributed by atoms with Crippen molar-refractivity contribution in [3.63, 3.8) is 0 Å². The first kappa shape index (κ1) is 11.1. The highest BCUT2D eigenvalue weighted by Gasteiger charge is 2.11. The molecule has 1 rings (SSSR count). The molecule has 0 radical (unpaired) electrons. The number of thiophene rings is 1. The summed E-state index contributed by atoms with van der Waals surface area (Å²) in [5, 5.41) is 2.92. The van der Waals surface area contributed by atoms with Crippen LogP contribution in [0.1, 0.15) is 6.42 Å². The van der Waals surface area contributed by atoms with E-state index in [1.807, 2.05) is 11.4 Å². The first-order valence-corrected chi connectivity index (χ1v) is 6.07. The van der Waals surface area contributed by atoms with Crippen molar-refractivity contribution in [2.75, 3.05) is 17.7 Å². The van der Waals surface area contributed by atoms with Gasteiger partial charge in [0.2, 0.25) is 5.91 Å². The average molecular weight is 280 g/mol. The largest absolute Gasteiger partial charge is 0.307 e. The van der Waals surface area contributed by atoms with Crippen LogP contribution in [0, 0.1) is 0 Å². The molecule has 0 saturated carbocycles. The lowest BCUT2D eigenvalue weighted by molar-refractivity contribution is -0.117. The molecular formula is C8H10BrNOS2. The molecule has 1 heterocycles. The van der Waals surface area contributed by atoms with Crippen molar-refractivity contribution in [2.45, 2.75) is 6.42 Å². The van der Waals surface area contributed by atoms with Gasteiger partial charge in [-0.1, -0.05) is 0 Å². The number of thiol groups is 1. The van der Waals surface area contributed by atoms with E-state index in [0.29, 0.717) is 12.2 Å². The van der Waals surface area contributed by atoms with Crippen LogP contribution in [-0.2, 0) is 4.79 Å². The third-order valence-corrected chi connectivity index (χ3v) is 3.57. The quantitative estimate of drug-likeness (QED) is 0.844. The average Bonchev–Trinajstić information content (AvgIpc) is 2.51. The Morgan fingerprint density at radius 3 is 2.92 bits per heavy atom. The van der Waals surface area contributed by atoms with Gasteiger partial charge >= 0.3 is 0 Å². The summed E-state index contributed by atoms with van der Waals surface area (Å²) in [4.78, 5) is 13.1. The number of carbonyl (C=O) groups is 1. The van der Waals surface area contributed by atoms with Gasteiger partial charge in [-0.2, -0.15) is 12.6 Å². The van der Waals surface area contributed by atoms with Gasteiger partial charge in [-0.15, -0.1) is 11.3 Å². The minimum Gasteiger partial charge on any atom is -0.307 e. The lowest BCUT2D eigenvalue weighted by Crippen LogP contribution is -2.25. The zero-order chi connectivity index (χ0) is 9.84. The Balaban J connectivity index is 2.67. The fourth-order valence-corrected chi connectivity index (χ4v) is 2.46. The molecule has 0 atom stereocenters. The zero-order valence-corrected chi connectivity index (χ0v) is 10.5. The summed E-state index contributed by atoms with van der Waals surface area (Å²) in [5.41, 5.74) is 0. The normalized spacial score (nSPS) is 10.1. The number of carbonyl (C=O) groups excluding carboxylic acids is 1. The summed E-state index contributed by atoms with van der Waals surface area (Å²) in [5.74, 6) is 0.694. The second kappa shape index (κ2) is 5.02. The maximum atomic E-state index is 11.4. The van der Waals surface area contributed by atoms with E-state index in [2.05, 4.69) is 28.6 Å². The van der Waals surface area contributed by atoms with Crippen molar-refractivity contribution in [1.82, 2.24) is 0 Å².